The fourth-order valence-corrected chi connectivity index (χ4v) is 5.57. The summed E-state index contributed by atoms with van der Waals surface area (Å²) in [5, 5.41) is 7.26. The quantitative estimate of drug-likeness (QED) is 0.344. The molecule has 3 atom stereocenters. The number of aromatic nitrogens is 2. The minimum absolute atomic E-state index is 0.124. The van der Waals surface area contributed by atoms with E-state index < -0.39 is 0 Å². The average Bonchev–Trinajstić information content (AvgIpc) is 3.63. The first-order valence-electron chi connectivity index (χ1n) is 14.8. The van der Waals surface area contributed by atoms with Crippen molar-refractivity contribution in [2.45, 2.75) is 77.7 Å². The fourth-order valence-electron chi connectivity index (χ4n) is 5.57. The zero-order valence-electron chi connectivity index (χ0n) is 24.5. The summed E-state index contributed by atoms with van der Waals surface area (Å²) < 4.78 is 11.5. The van der Waals surface area contributed by atoms with Crippen molar-refractivity contribution in [3.63, 3.8) is 0 Å². The van der Waals surface area contributed by atoms with Crippen LogP contribution in [0.25, 0.3) is 5.57 Å². The number of anilines is 1. The second-order valence-electron chi connectivity index (χ2n) is 11.7. The normalized spacial score (nSPS) is 20.4. The van der Waals surface area contributed by atoms with Crippen molar-refractivity contribution in [3.05, 3.63) is 41.7 Å². The van der Waals surface area contributed by atoms with Gasteiger partial charge in [-0.1, -0.05) is 50.6 Å². The second-order valence-corrected chi connectivity index (χ2v) is 11.7. The Balaban J connectivity index is 1.22. The lowest BCUT2D eigenvalue weighted by atomic mass is 9.86. The smallest absolute Gasteiger partial charge is 0.321 e. The fraction of sp³-hybridized carbons (Fsp3) is 0.645. The number of benzene rings is 1. The van der Waals surface area contributed by atoms with Crippen LogP contribution in [0.3, 0.4) is 0 Å². The van der Waals surface area contributed by atoms with Crippen LogP contribution in [0, 0.1) is 11.8 Å². The van der Waals surface area contributed by atoms with E-state index in [0.717, 1.165) is 76.2 Å². The number of nitrogens with zero attached hydrogens (tertiary/aromatic N) is 4. The number of amides is 1. The molecule has 8 nitrogen and oxygen atoms in total. The van der Waals surface area contributed by atoms with E-state index in [-0.39, 0.29) is 11.8 Å². The van der Waals surface area contributed by atoms with Gasteiger partial charge in [-0.25, -0.2) is 0 Å². The minimum atomic E-state index is 0.124. The average molecular weight is 538 g/mol. The van der Waals surface area contributed by atoms with Gasteiger partial charge in [-0.3, -0.25) is 4.79 Å². The molecule has 2 aliphatic rings. The molecule has 0 saturated carbocycles. The molecule has 0 spiro atoms. The number of allylic oxidation sites excluding steroid dienone is 2. The lowest BCUT2D eigenvalue weighted by molar-refractivity contribution is -0.134. The zero-order valence-corrected chi connectivity index (χ0v) is 24.5. The number of rotatable bonds is 13. The van der Waals surface area contributed by atoms with Crippen molar-refractivity contribution in [3.8, 4) is 5.75 Å². The summed E-state index contributed by atoms with van der Waals surface area (Å²) in [6, 6.07) is 9.45. The minimum Gasteiger partial charge on any atom is -0.493 e. The Morgan fingerprint density at radius 1 is 1.21 bits per heavy atom. The Bertz CT molecular complexity index is 1080. The summed E-state index contributed by atoms with van der Waals surface area (Å²) in [5.41, 5.74) is 2.58. The number of carbonyl (C=O) groups is 1. The van der Waals surface area contributed by atoms with E-state index in [0.29, 0.717) is 30.5 Å². The van der Waals surface area contributed by atoms with Crippen LogP contribution in [0.2, 0.25) is 0 Å². The van der Waals surface area contributed by atoms with E-state index in [9.17, 15) is 4.79 Å². The van der Waals surface area contributed by atoms with Crippen molar-refractivity contribution in [2.24, 2.45) is 11.8 Å². The maximum Gasteiger partial charge on any atom is 0.321 e. The van der Waals surface area contributed by atoms with Gasteiger partial charge >= 0.3 is 6.01 Å². The van der Waals surface area contributed by atoms with E-state index in [1.807, 2.05) is 0 Å². The highest BCUT2D eigenvalue weighted by molar-refractivity contribution is 5.81. The highest BCUT2D eigenvalue weighted by Gasteiger charge is 2.32. The molecule has 1 fully saturated rings. The molecule has 1 aromatic heterocycles. The maximum absolute atomic E-state index is 13.0. The highest BCUT2D eigenvalue weighted by atomic mass is 16.5. The van der Waals surface area contributed by atoms with Crippen LogP contribution < -0.4 is 10.1 Å². The largest absolute Gasteiger partial charge is 0.493 e. The van der Waals surface area contributed by atoms with Gasteiger partial charge < -0.3 is 24.4 Å². The molecule has 1 N–H and O–H groups in total. The Hall–Kier alpha value is -2.87. The second kappa shape index (κ2) is 14.0. The first kappa shape index (κ1) is 29.1. The maximum atomic E-state index is 13.0. The molecule has 8 heteroatoms. The SMILES string of the molecule is CCCC(CCNc1nc(C(C)C)no1)COc1ccc(C2=CCC(C(=O)N3CCC(N(C)C)C3)CC2)cc1. The van der Waals surface area contributed by atoms with E-state index >= 15 is 0 Å². The monoisotopic (exact) mass is 537 g/mol. The van der Waals surface area contributed by atoms with Crippen LogP contribution in [0.4, 0.5) is 6.01 Å². The van der Waals surface area contributed by atoms with Gasteiger partial charge in [0.25, 0.3) is 0 Å². The van der Waals surface area contributed by atoms with Crippen LogP contribution in [0.15, 0.2) is 34.9 Å². The van der Waals surface area contributed by atoms with E-state index in [1.165, 1.54) is 11.1 Å². The molecule has 214 valence electrons. The molecule has 0 radical (unpaired) electrons. The molecule has 4 rings (SSSR count). The molecule has 39 heavy (non-hydrogen) atoms. The summed E-state index contributed by atoms with van der Waals surface area (Å²) in [4.78, 5) is 21.7. The number of hydrogen-bond acceptors (Lipinski definition) is 7. The number of ether oxygens (including phenoxy) is 1. The molecule has 1 amide bonds. The van der Waals surface area contributed by atoms with Crippen molar-refractivity contribution < 1.29 is 14.1 Å². The number of hydrogen-bond donors (Lipinski definition) is 1. The van der Waals surface area contributed by atoms with Gasteiger partial charge in [-0.15, -0.1) is 0 Å². The lowest BCUT2D eigenvalue weighted by Crippen LogP contribution is -2.38. The predicted molar refractivity (Wildman–Crippen MR) is 156 cm³/mol. The summed E-state index contributed by atoms with van der Waals surface area (Å²) in [6.07, 6.45) is 9.29. The Morgan fingerprint density at radius 3 is 2.62 bits per heavy atom. The molecule has 2 heterocycles. The predicted octanol–water partition coefficient (Wildman–Crippen LogP) is 5.84. The van der Waals surface area contributed by atoms with Gasteiger partial charge in [0.05, 0.1) is 6.61 Å². The van der Waals surface area contributed by atoms with Gasteiger partial charge in [0.2, 0.25) is 5.91 Å². The number of likely N-dealkylation sites (tertiary alicyclic amines) is 1. The number of carbonyl (C=O) groups excluding carboxylic acids is 1. The molecular formula is C31H47N5O3. The van der Waals surface area contributed by atoms with Gasteiger partial charge in [0.15, 0.2) is 5.82 Å². The van der Waals surface area contributed by atoms with Crippen molar-refractivity contribution >= 4 is 17.5 Å². The molecule has 0 bridgehead atoms. The van der Waals surface area contributed by atoms with Gasteiger partial charge in [0.1, 0.15) is 5.75 Å². The standard InChI is InChI=1S/C31H47N5O3/c1-6-7-23(16-18-32-31-33-29(22(2)3)34-39-31)21-38-28-14-12-25(13-15-28)24-8-10-26(11-9-24)30(37)36-19-17-27(20-36)35(4)5/h8,12-15,22-23,26-27H,6-7,9-11,16-21H2,1-5H3,(H,32,33,34). The molecule has 3 unspecified atom stereocenters. The van der Waals surface area contributed by atoms with E-state index in [1.54, 1.807) is 0 Å². The van der Waals surface area contributed by atoms with E-state index in [2.05, 4.69) is 90.5 Å². The summed E-state index contributed by atoms with van der Waals surface area (Å²) in [5.74, 6) is 2.80. The third-order valence-corrected chi connectivity index (χ3v) is 8.16. The number of likely N-dealkylation sites (N-methyl/N-ethyl adjacent to an activating group) is 1. The van der Waals surface area contributed by atoms with Gasteiger partial charge in [-0.2, -0.15) is 4.98 Å². The highest BCUT2D eigenvalue weighted by Crippen LogP contribution is 2.33. The van der Waals surface area contributed by atoms with Crippen LogP contribution >= 0.6 is 0 Å². The first-order valence-corrected chi connectivity index (χ1v) is 14.8. The number of nitrogens with one attached hydrogen (secondary N) is 1. The Morgan fingerprint density at radius 2 is 2.00 bits per heavy atom. The Kier molecular flexibility index (Phi) is 10.4. The van der Waals surface area contributed by atoms with Crippen LogP contribution in [0.1, 0.15) is 83.0 Å². The summed E-state index contributed by atoms with van der Waals surface area (Å²) in [6.45, 7) is 9.54. The third kappa shape index (κ3) is 8.07. The van der Waals surface area contributed by atoms with Crippen LogP contribution in [-0.4, -0.2) is 72.2 Å². The van der Waals surface area contributed by atoms with Crippen LogP contribution in [0.5, 0.6) is 5.75 Å². The summed E-state index contributed by atoms with van der Waals surface area (Å²) >= 11 is 0. The summed E-state index contributed by atoms with van der Waals surface area (Å²) in [7, 11) is 4.21. The van der Waals surface area contributed by atoms with Gasteiger partial charge in [-0.05, 0) is 81.8 Å². The van der Waals surface area contributed by atoms with Crippen molar-refractivity contribution in [2.75, 3.05) is 45.7 Å². The van der Waals surface area contributed by atoms with Gasteiger partial charge in [0, 0.05) is 37.5 Å². The lowest BCUT2D eigenvalue weighted by Gasteiger charge is -2.27. The molecule has 1 saturated heterocycles. The Labute approximate surface area is 234 Å². The van der Waals surface area contributed by atoms with Crippen LogP contribution in [-0.2, 0) is 4.79 Å². The third-order valence-electron chi connectivity index (χ3n) is 8.16. The molecule has 2 aromatic rings. The zero-order chi connectivity index (χ0) is 27.8. The van der Waals surface area contributed by atoms with Crippen molar-refractivity contribution in [1.29, 1.82) is 0 Å². The molecule has 1 aliphatic heterocycles. The van der Waals surface area contributed by atoms with Crippen molar-refractivity contribution in [1.82, 2.24) is 19.9 Å². The van der Waals surface area contributed by atoms with E-state index in [4.69, 9.17) is 9.26 Å². The topological polar surface area (TPSA) is 83.7 Å². The molecule has 1 aromatic carbocycles. The molecule has 1 aliphatic carbocycles. The molecular weight excluding hydrogens is 490 g/mol. The first-order chi connectivity index (χ1) is 18.8.